The van der Waals surface area contributed by atoms with E-state index in [2.05, 4.69) is 25.8 Å². The van der Waals surface area contributed by atoms with Gasteiger partial charge in [-0.05, 0) is 43.1 Å². The molecule has 0 aromatic heterocycles. The second kappa shape index (κ2) is 5.43. The van der Waals surface area contributed by atoms with Gasteiger partial charge in [-0.3, -0.25) is 0 Å². The zero-order valence-corrected chi connectivity index (χ0v) is 9.83. The van der Waals surface area contributed by atoms with E-state index in [1.807, 2.05) is 11.8 Å². The monoisotopic (exact) mass is 204 g/mol. The van der Waals surface area contributed by atoms with Crippen LogP contribution in [0.1, 0.15) is 32.6 Å². The van der Waals surface area contributed by atoms with Gasteiger partial charge in [0.15, 0.2) is 0 Å². The first-order valence-electron chi connectivity index (χ1n) is 4.91. The van der Waals surface area contributed by atoms with Crippen molar-refractivity contribution in [2.45, 2.75) is 37.9 Å². The average molecular weight is 204 g/mol. The third kappa shape index (κ3) is 3.21. The minimum absolute atomic E-state index is 0.606. The number of rotatable bonds is 3. The molecule has 1 saturated carbocycles. The van der Waals surface area contributed by atoms with E-state index in [4.69, 9.17) is 0 Å². The van der Waals surface area contributed by atoms with Crippen LogP contribution in [0.3, 0.4) is 0 Å². The highest BCUT2D eigenvalue weighted by molar-refractivity contribution is 7.98. The lowest BCUT2D eigenvalue weighted by Gasteiger charge is -2.30. The first-order chi connectivity index (χ1) is 5.74. The largest absolute Gasteiger partial charge is 0.176 e. The van der Waals surface area contributed by atoms with Crippen molar-refractivity contribution in [2.75, 3.05) is 12.0 Å². The van der Waals surface area contributed by atoms with Gasteiger partial charge in [0.1, 0.15) is 0 Å². The molecule has 12 heavy (non-hydrogen) atoms. The third-order valence-corrected chi connectivity index (χ3v) is 4.13. The van der Waals surface area contributed by atoms with Crippen molar-refractivity contribution < 1.29 is 0 Å². The van der Waals surface area contributed by atoms with Crippen molar-refractivity contribution in [2.24, 2.45) is 11.8 Å². The maximum Gasteiger partial charge on any atom is 0.00168 e. The van der Waals surface area contributed by atoms with Crippen LogP contribution in [-0.2, 0) is 0 Å². The maximum atomic E-state index is 4.54. The van der Waals surface area contributed by atoms with Crippen LogP contribution >= 0.6 is 24.4 Å². The van der Waals surface area contributed by atoms with Gasteiger partial charge in [-0.1, -0.05) is 13.3 Å². The molecule has 0 nitrogen and oxygen atoms in total. The van der Waals surface area contributed by atoms with E-state index in [0.717, 1.165) is 11.8 Å². The quantitative estimate of drug-likeness (QED) is 0.687. The molecular formula is C10H20S2. The van der Waals surface area contributed by atoms with Gasteiger partial charge in [0.05, 0.1) is 0 Å². The van der Waals surface area contributed by atoms with Gasteiger partial charge in [0, 0.05) is 5.25 Å². The van der Waals surface area contributed by atoms with E-state index in [1.165, 1.54) is 31.4 Å². The van der Waals surface area contributed by atoms with E-state index in [1.54, 1.807) is 0 Å². The molecule has 1 aliphatic rings. The summed E-state index contributed by atoms with van der Waals surface area (Å²) in [5.74, 6) is 3.23. The smallest absolute Gasteiger partial charge is 0.00168 e. The summed E-state index contributed by atoms with van der Waals surface area (Å²) in [7, 11) is 0. The molecule has 0 N–H and O–H groups in total. The van der Waals surface area contributed by atoms with Gasteiger partial charge in [0.25, 0.3) is 0 Å². The van der Waals surface area contributed by atoms with Gasteiger partial charge < -0.3 is 0 Å². The van der Waals surface area contributed by atoms with Crippen LogP contribution in [0.2, 0.25) is 0 Å². The van der Waals surface area contributed by atoms with Crippen LogP contribution in [0.5, 0.6) is 0 Å². The van der Waals surface area contributed by atoms with Crippen LogP contribution in [0.4, 0.5) is 0 Å². The molecule has 1 rings (SSSR count). The van der Waals surface area contributed by atoms with Gasteiger partial charge in [-0.2, -0.15) is 24.4 Å². The van der Waals surface area contributed by atoms with Crippen molar-refractivity contribution in [1.82, 2.24) is 0 Å². The van der Waals surface area contributed by atoms with E-state index >= 15 is 0 Å². The van der Waals surface area contributed by atoms with E-state index in [0.29, 0.717) is 5.25 Å². The van der Waals surface area contributed by atoms with Crippen LogP contribution < -0.4 is 0 Å². The Morgan fingerprint density at radius 1 is 1.50 bits per heavy atom. The molecule has 0 aliphatic heterocycles. The fourth-order valence-corrected chi connectivity index (χ4v) is 3.20. The van der Waals surface area contributed by atoms with Crippen molar-refractivity contribution in [3.05, 3.63) is 0 Å². The Kier molecular flexibility index (Phi) is 4.88. The normalized spacial score (nSPS) is 33.2. The van der Waals surface area contributed by atoms with E-state index < -0.39 is 0 Å². The van der Waals surface area contributed by atoms with E-state index in [9.17, 15) is 0 Å². The molecule has 0 bridgehead atoms. The van der Waals surface area contributed by atoms with E-state index in [-0.39, 0.29) is 0 Å². The van der Waals surface area contributed by atoms with Crippen LogP contribution in [0.25, 0.3) is 0 Å². The molecule has 0 radical (unpaired) electrons. The number of hydrogen-bond donors (Lipinski definition) is 1. The Balaban J connectivity index is 2.30. The summed E-state index contributed by atoms with van der Waals surface area (Å²) < 4.78 is 0. The molecule has 0 saturated heterocycles. The van der Waals surface area contributed by atoms with Crippen molar-refractivity contribution in [1.29, 1.82) is 0 Å². The predicted octanol–water partition coefficient (Wildman–Crippen LogP) is 3.47. The highest BCUT2D eigenvalue weighted by Gasteiger charge is 2.23. The van der Waals surface area contributed by atoms with Gasteiger partial charge in [-0.15, -0.1) is 0 Å². The SMILES string of the molecule is CSCC1CCCC(C(C)S)C1. The molecule has 0 spiro atoms. The number of hydrogen-bond acceptors (Lipinski definition) is 2. The van der Waals surface area contributed by atoms with Crippen LogP contribution in [0.15, 0.2) is 0 Å². The molecule has 1 aliphatic carbocycles. The van der Waals surface area contributed by atoms with Crippen molar-refractivity contribution in [3.63, 3.8) is 0 Å². The zero-order valence-electron chi connectivity index (χ0n) is 8.12. The Labute approximate surface area is 86.3 Å². The summed E-state index contributed by atoms with van der Waals surface area (Å²) >= 11 is 6.54. The Bertz CT molecular complexity index is 121. The second-order valence-corrected chi connectivity index (χ2v) is 5.71. The van der Waals surface area contributed by atoms with Gasteiger partial charge in [0.2, 0.25) is 0 Å². The lowest BCUT2D eigenvalue weighted by Crippen LogP contribution is -2.22. The topological polar surface area (TPSA) is 0 Å². The lowest BCUT2D eigenvalue weighted by molar-refractivity contribution is 0.286. The summed E-state index contributed by atoms with van der Waals surface area (Å²) in [4.78, 5) is 0. The van der Waals surface area contributed by atoms with Crippen molar-refractivity contribution in [3.8, 4) is 0 Å². The molecule has 0 aromatic carbocycles. The summed E-state index contributed by atoms with van der Waals surface area (Å²) in [6, 6.07) is 0. The maximum absolute atomic E-state index is 4.54. The Morgan fingerprint density at radius 3 is 2.83 bits per heavy atom. The minimum Gasteiger partial charge on any atom is -0.176 e. The second-order valence-electron chi connectivity index (χ2n) is 3.99. The Morgan fingerprint density at radius 2 is 2.25 bits per heavy atom. The standard InChI is InChI=1S/C10H20S2/c1-8(11)10-5-3-4-9(6-10)7-12-2/h8-11H,3-7H2,1-2H3. The summed E-state index contributed by atoms with van der Waals surface area (Å²) in [5, 5.41) is 0.606. The third-order valence-electron chi connectivity index (χ3n) is 2.91. The van der Waals surface area contributed by atoms with Crippen LogP contribution in [0, 0.1) is 11.8 Å². The average Bonchev–Trinajstić information content (AvgIpc) is 2.05. The summed E-state index contributed by atoms with van der Waals surface area (Å²) in [5.41, 5.74) is 0. The van der Waals surface area contributed by atoms with Crippen molar-refractivity contribution >= 4 is 24.4 Å². The molecule has 3 unspecified atom stereocenters. The summed E-state index contributed by atoms with van der Waals surface area (Å²) in [6.07, 6.45) is 7.94. The predicted molar refractivity (Wildman–Crippen MR) is 62.3 cm³/mol. The highest BCUT2D eigenvalue weighted by atomic mass is 32.2. The zero-order chi connectivity index (χ0) is 8.97. The first-order valence-corrected chi connectivity index (χ1v) is 6.82. The number of thiol groups is 1. The minimum atomic E-state index is 0.606. The first kappa shape index (κ1) is 10.8. The van der Waals surface area contributed by atoms with Gasteiger partial charge in [-0.25, -0.2) is 0 Å². The van der Waals surface area contributed by atoms with Gasteiger partial charge >= 0.3 is 0 Å². The molecule has 72 valence electrons. The molecule has 3 atom stereocenters. The molecule has 1 fully saturated rings. The molecular weight excluding hydrogens is 184 g/mol. The Hall–Kier alpha value is 0.700. The molecule has 0 aromatic rings. The molecule has 0 heterocycles. The molecule has 2 heteroatoms. The fourth-order valence-electron chi connectivity index (χ4n) is 2.16. The number of thioether (sulfide) groups is 1. The summed E-state index contributed by atoms with van der Waals surface area (Å²) in [6.45, 7) is 2.25. The van der Waals surface area contributed by atoms with Crippen LogP contribution in [-0.4, -0.2) is 17.3 Å². The lowest BCUT2D eigenvalue weighted by atomic mass is 9.81. The fraction of sp³-hybridized carbons (Fsp3) is 1.00. The molecule has 0 amide bonds. The highest BCUT2D eigenvalue weighted by Crippen LogP contribution is 2.34.